The van der Waals surface area contributed by atoms with Gasteiger partial charge in [0.25, 0.3) is 5.97 Å². The molecule has 0 spiro atoms. The molecule has 1 unspecified atom stereocenters. The Kier molecular flexibility index (Phi) is 13.9. The standard InChI is InChI=1S/C30H47O4P/c1-5-9-10-11-12-15-20-27(30(32-6-2,33-7-3)34-8-4)25-26-35(31,28-21-16-13-17-22-28)29-23-18-14-19-24-29/h13-14,16-19,21-24,27H,5-12,15,20,25-26H2,1-4H3. The van der Waals surface area contributed by atoms with Crippen LogP contribution in [0.25, 0.3) is 0 Å². The maximum absolute atomic E-state index is 14.6. The van der Waals surface area contributed by atoms with Crippen LogP contribution in [0.5, 0.6) is 0 Å². The minimum absolute atomic E-state index is 0.00530. The molecule has 0 aliphatic carbocycles. The van der Waals surface area contributed by atoms with E-state index >= 15 is 0 Å². The summed E-state index contributed by atoms with van der Waals surface area (Å²) in [6, 6.07) is 19.8. The van der Waals surface area contributed by atoms with E-state index in [0.29, 0.717) is 32.4 Å². The predicted octanol–water partition coefficient (Wildman–Crippen LogP) is 7.52. The lowest BCUT2D eigenvalue weighted by molar-refractivity contribution is -0.402. The molecule has 0 saturated heterocycles. The van der Waals surface area contributed by atoms with Crippen LogP contribution in [0.15, 0.2) is 60.7 Å². The normalized spacial score (nSPS) is 13.1. The highest BCUT2D eigenvalue weighted by atomic mass is 31.2. The van der Waals surface area contributed by atoms with E-state index in [1.807, 2.05) is 81.4 Å². The summed E-state index contributed by atoms with van der Waals surface area (Å²) in [7, 11) is -2.82. The van der Waals surface area contributed by atoms with Crippen LogP contribution in [0.2, 0.25) is 0 Å². The summed E-state index contributed by atoms with van der Waals surface area (Å²) in [5.41, 5.74) is 0. The molecular weight excluding hydrogens is 455 g/mol. The summed E-state index contributed by atoms with van der Waals surface area (Å²) in [6.07, 6.45) is 9.53. The molecule has 0 radical (unpaired) electrons. The average molecular weight is 503 g/mol. The topological polar surface area (TPSA) is 44.8 Å². The SMILES string of the molecule is CCCCCCCCC(CCP(=O)(c1ccccc1)c1ccccc1)C(OCC)(OCC)OCC. The molecule has 196 valence electrons. The lowest BCUT2D eigenvalue weighted by Crippen LogP contribution is -2.47. The van der Waals surface area contributed by atoms with E-state index in [9.17, 15) is 4.57 Å². The van der Waals surface area contributed by atoms with Crippen molar-refractivity contribution in [3.8, 4) is 0 Å². The first kappa shape index (κ1) is 29.8. The minimum atomic E-state index is -2.82. The third kappa shape index (κ3) is 8.86. The van der Waals surface area contributed by atoms with E-state index in [0.717, 1.165) is 23.5 Å². The number of hydrogen-bond donors (Lipinski definition) is 0. The van der Waals surface area contributed by atoms with Gasteiger partial charge in [-0.2, -0.15) is 0 Å². The number of rotatable bonds is 19. The van der Waals surface area contributed by atoms with Crippen LogP contribution in [-0.4, -0.2) is 32.0 Å². The smallest absolute Gasteiger partial charge is 0.285 e. The van der Waals surface area contributed by atoms with Crippen LogP contribution in [0.4, 0.5) is 0 Å². The highest BCUT2D eigenvalue weighted by Crippen LogP contribution is 2.46. The van der Waals surface area contributed by atoms with Gasteiger partial charge in [0.2, 0.25) is 0 Å². The molecule has 0 aliphatic heterocycles. The van der Waals surface area contributed by atoms with Gasteiger partial charge in [0.15, 0.2) is 0 Å². The molecule has 0 fully saturated rings. The Balaban J connectivity index is 2.32. The predicted molar refractivity (Wildman–Crippen MR) is 148 cm³/mol. The molecule has 2 aromatic carbocycles. The number of ether oxygens (including phenoxy) is 3. The summed E-state index contributed by atoms with van der Waals surface area (Å²) in [6.45, 7) is 9.69. The molecule has 0 aromatic heterocycles. The van der Waals surface area contributed by atoms with E-state index in [1.165, 1.54) is 32.1 Å². The molecule has 0 N–H and O–H groups in total. The molecule has 0 heterocycles. The molecule has 4 nitrogen and oxygen atoms in total. The minimum Gasteiger partial charge on any atom is -0.328 e. The van der Waals surface area contributed by atoms with Crippen LogP contribution in [-0.2, 0) is 18.8 Å². The fourth-order valence-electron chi connectivity index (χ4n) is 4.83. The van der Waals surface area contributed by atoms with Gasteiger partial charge in [0.05, 0.1) is 0 Å². The van der Waals surface area contributed by atoms with Crippen LogP contribution in [0.3, 0.4) is 0 Å². The number of unbranched alkanes of at least 4 members (excludes halogenated alkanes) is 5. The van der Waals surface area contributed by atoms with Gasteiger partial charge in [-0.1, -0.05) is 106 Å². The van der Waals surface area contributed by atoms with Gasteiger partial charge in [-0.3, -0.25) is 0 Å². The number of hydrogen-bond acceptors (Lipinski definition) is 4. The van der Waals surface area contributed by atoms with Crippen LogP contribution in [0, 0.1) is 5.92 Å². The monoisotopic (exact) mass is 502 g/mol. The van der Waals surface area contributed by atoms with Crippen molar-refractivity contribution in [3.63, 3.8) is 0 Å². The van der Waals surface area contributed by atoms with Crippen LogP contribution < -0.4 is 10.6 Å². The maximum Gasteiger partial charge on any atom is 0.285 e. The molecule has 0 aliphatic rings. The zero-order valence-electron chi connectivity index (χ0n) is 22.4. The van der Waals surface area contributed by atoms with Gasteiger partial charge < -0.3 is 18.8 Å². The Morgan fingerprint density at radius 1 is 0.657 bits per heavy atom. The van der Waals surface area contributed by atoms with Gasteiger partial charge in [-0.25, -0.2) is 0 Å². The molecule has 0 amide bonds. The van der Waals surface area contributed by atoms with Crippen molar-refractivity contribution in [2.75, 3.05) is 26.0 Å². The molecule has 35 heavy (non-hydrogen) atoms. The number of benzene rings is 2. The molecule has 2 rings (SSSR count). The first-order valence-electron chi connectivity index (χ1n) is 13.7. The third-order valence-corrected chi connectivity index (χ3v) is 9.73. The second-order valence-electron chi connectivity index (χ2n) is 9.08. The molecule has 5 heteroatoms. The van der Waals surface area contributed by atoms with E-state index in [1.54, 1.807) is 0 Å². The van der Waals surface area contributed by atoms with Crippen molar-refractivity contribution in [2.45, 2.75) is 85.0 Å². The van der Waals surface area contributed by atoms with Gasteiger partial charge >= 0.3 is 0 Å². The Hall–Kier alpha value is -1.45. The molecular formula is C30H47O4P. The molecule has 0 bridgehead atoms. The van der Waals surface area contributed by atoms with E-state index in [-0.39, 0.29) is 5.92 Å². The van der Waals surface area contributed by atoms with Gasteiger partial charge in [-0.05, 0) is 33.6 Å². The highest BCUT2D eigenvalue weighted by molar-refractivity contribution is 7.78. The van der Waals surface area contributed by atoms with Crippen LogP contribution in [0.1, 0.15) is 79.1 Å². The Morgan fingerprint density at radius 2 is 1.11 bits per heavy atom. The van der Waals surface area contributed by atoms with Crippen molar-refractivity contribution < 1.29 is 18.8 Å². The lowest BCUT2D eigenvalue weighted by atomic mass is 9.95. The van der Waals surface area contributed by atoms with Gasteiger partial charge in [-0.15, -0.1) is 0 Å². The second-order valence-corrected chi connectivity index (χ2v) is 12.0. The maximum atomic E-state index is 14.6. The zero-order chi connectivity index (χ0) is 25.4. The van der Waals surface area contributed by atoms with Crippen molar-refractivity contribution in [1.29, 1.82) is 0 Å². The fraction of sp³-hybridized carbons (Fsp3) is 0.600. The zero-order valence-corrected chi connectivity index (χ0v) is 23.3. The third-order valence-electron chi connectivity index (χ3n) is 6.58. The molecule has 0 saturated carbocycles. The largest absolute Gasteiger partial charge is 0.328 e. The average Bonchev–Trinajstić information content (AvgIpc) is 2.89. The Morgan fingerprint density at radius 3 is 1.57 bits per heavy atom. The summed E-state index contributed by atoms with van der Waals surface area (Å²) in [5.74, 6) is -1.10. The quantitative estimate of drug-likeness (QED) is 0.113. The first-order valence-corrected chi connectivity index (χ1v) is 15.6. The van der Waals surface area contributed by atoms with Crippen molar-refractivity contribution >= 4 is 17.8 Å². The summed E-state index contributed by atoms with van der Waals surface area (Å²) >= 11 is 0. The Labute approximate surface area is 214 Å². The summed E-state index contributed by atoms with van der Waals surface area (Å²) < 4.78 is 33.3. The highest BCUT2D eigenvalue weighted by Gasteiger charge is 2.43. The lowest BCUT2D eigenvalue weighted by Gasteiger charge is -2.39. The first-order chi connectivity index (χ1) is 17.1. The molecule has 1 atom stereocenters. The van der Waals surface area contributed by atoms with E-state index < -0.39 is 13.1 Å². The van der Waals surface area contributed by atoms with Gasteiger partial charge in [0.1, 0.15) is 7.14 Å². The summed E-state index contributed by atoms with van der Waals surface area (Å²) in [5, 5.41) is 1.80. The fourth-order valence-corrected chi connectivity index (χ4v) is 7.63. The van der Waals surface area contributed by atoms with E-state index in [2.05, 4.69) is 6.92 Å². The van der Waals surface area contributed by atoms with Gasteiger partial charge in [0, 0.05) is 42.5 Å². The Bertz CT molecular complexity index is 779. The van der Waals surface area contributed by atoms with Crippen LogP contribution >= 0.6 is 7.14 Å². The second kappa shape index (κ2) is 16.3. The molecule has 2 aromatic rings. The van der Waals surface area contributed by atoms with Crippen molar-refractivity contribution in [2.24, 2.45) is 5.92 Å². The van der Waals surface area contributed by atoms with E-state index in [4.69, 9.17) is 14.2 Å². The van der Waals surface area contributed by atoms with Crippen molar-refractivity contribution in [3.05, 3.63) is 60.7 Å². The summed E-state index contributed by atoms with van der Waals surface area (Å²) in [4.78, 5) is 0. The van der Waals surface area contributed by atoms with Crippen molar-refractivity contribution in [1.82, 2.24) is 0 Å².